The summed E-state index contributed by atoms with van der Waals surface area (Å²) < 4.78 is 5.46. The zero-order chi connectivity index (χ0) is 25.3. The van der Waals surface area contributed by atoms with Crippen LogP contribution in [-0.4, -0.2) is 43.0 Å². The zero-order valence-electron chi connectivity index (χ0n) is 20.5. The highest BCUT2D eigenvalue weighted by Crippen LogP contribution is 2.42. The summed E-state index contributed by atoms with van der Waals surface area (Å²) >= 11 is 0. The van der Waals surface area contributed by atoms with Crippen LogP contribution < -0.4 is 14.5 Å². The molecule has 7 heteroatoms. The number of carbonyl (C=O) groups is 2. The Morgan fingerprint density at radius 1 is 1.06 bits per heavy atom. The number of carbonyl (C=O) groups excluding carboxylic acids is 2. The maximum Gasteiger partial charge on any atom is 0.300 e. The van der Waals surface area contributed by atoms with Crippen LogP contribution in [0.4, 0.5) is 11.4 Å². The van der Waals surface area contributed by atoms with Crippen molar-refractivity contribution in [2.24, 2.45) is 0 Å². The molecule has 0 spiro atoms. The van der Waals surface area contributed by atoms with Gasteiger partial charge in [0.1, 0.15) is 17.6 Å². The molecule has 1 aliphatic heterocycles. The van der Waals surface area contributed by atoms with E-state index in [9.17, 15) is 14.7 Å². The largest absolute Gasteiger partial charge is 0.507 e. The molecular weight excluding hydrogens is 442 g/mol. The second kappa shape index (κ2) is 9.62. The van der Waals surface area contributed by atoms with Crippen molar-refractivity contribution >= 4 is 28.8 Å². The number of Topliss-reactive ketones (excluding diaryl/α,β-unsaturated/α-hetero) is 1. The summed E-state index contributed by atoms with van der Waals surface area (Å²) in [4.78, 5) is 34.4. The molecule has 35 heavy (non-hydrogen) atoms. The average molecular weight is 472 g/mol. The van der Waals surface area contributed by atoms with Crippen LogP contribution >= 0.6 is 0 Å². The summed E-state index contributed by atoms with van der Waals surface area (Å²) in [5.74, 6) is -0.883. The summed E-state index contributed by atoms with van der Waals surface area (Å²) in [6.45, 7) is 4.04. The number of benzene rings is 2. The predicted molar refractivity (Wildman–Crippen MR) is 137 cm³/mol. The number of aliphatic hydroxyl groups excluding tert-OH is 1. The second-order valence-electron chi connectivity index (χ2n) is 8.95. The van der Waals surface area contributed by atoms with Gasteiger partial charge in [-0.1, -0.05) is 19.9 Å². The van der Waals surface area contributed by atoms with Crippen LogP contribution in [-0.2, 0) is 9.59 Å². The molecule has 0 saturated carbocycles. The first-order valence-corrected chi connectivity index (χ1v) is 11.4. The Labute approximate surface area is 205 Å². The summed E-state index contributed by atoms with van der Waals surface area (Å²) in [6, 6.07) is 17.0. The van der Waals surface area contributed by atoms with Gasteiger partial charge in [-0.3, -0.25) is 19.5 Å². The van der Waals surface area contributed by atoms with Gasteiger partial charge in [0.25, 0.3) is 11.7 Å². The summed E-state index contributed by atoms with van der Waals surface area (Å²) in [6.07, 6.45) is 1.61. The number of nitrogens with zero attached hydrogens (tertiary/aromatic N) is 3. The third-order valence-electron chi connectivity index (χ3n) is 6.18. The van der Waals surface area contributed by atoms with E-state index >= 15 is 0 Å². The van der Waals surface area contributed by atoms with E-state index in [2.05, 4.69) is 4.98 Å². The molecule has 1 fully saturated rings. The van der Waals surface area contributed by atoms with Crippen LogP contribution in [0.15, 0.2) is 72.4 Å². The van der Waals surface area contributed by atoms with Gasteiger partial charge < -0.3 is 14.7 Å². The van der Waals surface area contributed by atoms with Crippen LogP contribution in [0.1, 0.15) is 42.6 Å². The van der Waals surface area contributed by atoms with Gasteiger partial charge in [0.2, 0.25) is 0 Å². The molecule has 2 heterocycles. The van der Waals surface area contributed by atoms with E-state index in [0.29, 0.717) is 22.7 Å². The molecule has 7 nitrogen and oxygen atoms in total. The van der Waals surface area contributed by atoms with Gasteiger partial charge in [0.15, 0.2) is 0 Å². The molecule has 1 saturated heterocycles. The number of methoxy groups -OCH3 is 1. The van der Waals surface area contributed by atoms with Crippen LogP contribution in [0.3, 0.4) is 0 Å². The lowest BCUT2D eigenvalue weighted by Gasteiger charge is -2.25. The van der Waals surface area contributed by atoms with E-state index in [4.69, 9.17) is 4.74 Å². The second-order valence-corrected chi connectivity index (χ2v) is 8.95. The average Bonchev–Trinajstić information content (AvgIpc) is 3.14. The number of ketones is 1. The number of aliphatic hydroxyl groups is 1. The molecule has 1 aromatic heterocycles. The standard InChI is InChI=1S/C28H29N3O4/c1-17(2)21-16-18(9-14-23(21)35-5)26(32)24-25(22-8-6-7-15-29-22)31(28(34)27(24)33)20-12-10-19(11-13-20)30(3)4/h6-17,25,32H,1-5H3/b26-24-. The van der Waals surface area contributed by atoms with E-state index in [1.165, 1.54) is 4.90 Å². The SMILES string of the molecule is COc1ccc(/C(O)=C2/C(=O)C(=O)N(c3ccc(N(C)C)cc3)C2c2ccccn2)cc1C(C)C. The Morgan fingerprint density at radius 2 is 1.77 bits per heavy atom. The Morgan fingerprint density at radius 3 is 2.34 bits per heavy atom. The van der Waals surface area contributed by atoms with Crippen molar-refractivity contribution in [1.82, 2.24) is 4.98 Å². The first-order valence-electron chi connectivity index (χ1n) is 11.4. The first-order chi connectivity index (χ1) is 16.7. The third kappa shape index (κ3) is 4.37. The maximum atomic E-state index is 13.3. The highest BCUT2D eigenvalue weighted by molar-refractivity contribution is 6.51. The fourth-order valence-corrected chi connectivity index (χ4v) is 4.32. The molecule has 1 N–H and O–H groups in total. The Balaban J connectivity index is 1.90. The fraction of sp³-hybridized carbons (Fsp3) is 0.250. The molecule has 4 rings (SSSR count). The van der Waals surface area contributed by atoms with Crippen molar-refractivity contribution in [3.8, 4) is 5.75 Å². The smallest absolute Gasteiger partial charge is 0.300 e. The van der Waals surface area contributed by atoms with Gasteiger partial charge in [0, 0.05) is 37.2 Å². The van der Waals surface area contributed by atoms with E-state index in [1.807, 2.05) is 45.0 Å². The normalized spacial score (nSPS) is 17.2. The van der Waals surface area contributed by atoms with Crippen molar-refractivity contribution in [2.45, 2.75) is 25.8 Å². The molecule has 1 aliphatic rings. The molecule has 3 aromatic rings. The van der Waals surface area contributed by atoms with Crippen molar-refractivity contribution < 1.29 is 19.4 Å². The number of rotatable bonds is 6. The van der Waals surface area contributed by atoms with Crippen molar-refractivity contribution in [3.05, 3.63) is 89.3 Å². The molecule has 1 atom stereocenters. The summed E-state index contributed by atoms with van der Waals surface area (Å²) in [5.41, 5.74) is 3.33. The number of ether oxygens (including phenoxy) is 1. The zero-order valence-corrected chi connectivity index (χ0v) is 20.5. The Hall–Kier alpha value is -4.13. The Bertz CT molecular complexity index is 1280. The van der Waals surface area contributed by atoms with Crippen molar-refractivity contribution in [1.29, 1.82) is 0 Å². The number of amides is 1. The topological polar surface area (TPSA) is 83.0 Å². The molecule has 0 aliphatic carbocycles. The lowest BCUT2D eigenvalue weighted by atomic mass is 9.94. The molecule has 2 aromatic carbocycles. The van der Waals surface area contributed by atoms with Crippen molar-refractivity contribution in [2.75, 3.05) is 31.0 Å². The van der Waals surface area contributed by atoms with Crippen LogP contribution in [0.5, 0.6) is 5.75 Å². The predicted octanol–water partition coefficient (Wildman–Crippen LogP) is 4.91. The fourth-order valence-electron chi connectivity index (χ4n) is 4.32. The van der Waals surface area contributed by atoms with E-state index in [-0.39, 0.29) is 17.3 Å². The lowest BCUT2D eigenvalue weighted by Crippen LogP contribution is -2.29. The summed E-state index contributed by atoms with van der Waals surface area (Å²) in [5, 5.41) is 11.4. The third-order valence-corrected chi connectivity index (χ3v) is 6.18. The van der Waals surface area contributed by atoms with Crippen LogP contribution in [0.25, 0.3) is 5.76 Å². The molecular formula is C28H29N3O4. The number of pyridine rings is 1. The molecule has 1 unspecified atom stereocenters. The molecule has 0 bridgehead atoms. The minimum Gasteiger partial charge on any atom is -0.507 e. The van der Waals surface area contributed by atoms with E-state index in [1.54, 1.807) is 61.8 Å². The number of hydrogen-bond donors (Lipinski definition) is 1. The monoisotopic (exact) mass is 471 g/mol. The number of aromatic nitrogens is 1. The lowest BCUT2D eigenvalue weighted by molar-refractivity contribution is -0.132. The van der Waals surface area contributed by atoms with Gasteiger partial charge in [-0.25, -0.2) is 0 Å². The van der Waals surface area contributed by atoms with Gasteiger partial charge in [-0.15, -0.1) is 0 Å². The van der Waals surface area contributed by atoms with E-state index in [0.717, 1.165) is 11.3 Å². The van der Waals surface area contributed by atoms with Gasteiger partial charge in [-0.05, 0) is 66.1 Å². The highest BCUT2D eigenvalue weighted by Gasteiger charge is 2.47. The molecule has 0 radical (unpaired) electrons. The molecule has 1 amide bonds. The van der Waals surface area contributed by atoms with Gasteiger partial charge in [-0.2, -0.15) is 0 Å². The van der Waals surface area contributed by atoms with Crippen LogP contribution in [0.2, 0.25) is 0 Å². The van der Waals surface area contributed by atoms with Crippen LogP contribution in [0, 0.1) is 0 Å². The summed E-state index contributed by atoms with van der Waals surface area (Å²) in [7, 11) is 5.44. The number of anilines is 2. The minimum atomic E-state index is -0.869. The maximum absolute atomic E-state index is 13.3. The first kappa shape index (κ1) is 24.0. The molecule has 180 valence electrons. The van der Waals surface area contributed by atoms with Gasteiger partial charge >= 0.3 is 0 Å². The highest BCUT2D eigenvalue weighted by atomic mass is 16.5. The number of hydrogen-bond acceptors (Lipinski definition) is 6. The van der Waals surface area contributed by atoms with Gasteiger partial charge in [0.05, 0.1) is 18.4 Å². The van der Waals surface area contributed by atoms with E-state index < -0.39 is 17.7 Å². The minimum absolute atomic E-state index is 0.00487. The Kier molecular flexibility index (Phi) is 6.60. The van der Waals surface area contributed by atoms with Crippen molar-refractivity contribution in [3.63, 3.8) is 0 Å². The quantitative estimate of drug-likeness (QED) is 0.313.